The molecule has 0 rings (SSSR count). The summed E-state index contributed by atoms with van der Waals surface area (Å²) >= 11 is 0. The van der Waals surface area contributed by atoms with Crippen LogP contribution in [0.3, 0.4) is 0 Å². The average molecular weight is 348 g/mol. The summed E-state index contributed by atoms with van der Waals surface area (Å²) in [4.78, 5) is 9.64. The Bertz CT molecular complexity index is 161. The molecule has 112 valence electrons. The van der Waals surface area contributed by atoms with Gasteiger partial charge in [0, 0.05) is 7.11 Å². The van der Waals surface area contributed by atoms with Gasteiger partial charge in [-0.3, -0.25) is 0 Å². The predicted octanol–water partition coefficient (Wildman–Crippen LogP) is 2.76. The molecule has 0 bridgehead atoms. The molecule has 0 aromatic carbocycles. The van der Waals surface area contributed by atoms with Gasteiger partial charge in [0.05, 0.1) is 0 Å². The maximum Gasteiger partial charge on any atom is 2.00 e. The third kappa shape index (κ3) is 25.9. The second-order valence-corrected chi connectivity index (χ2v) is 16.7. The fraction of sp³-hybridized carbons (Fsp3) is 0.800. The zero-order valence-electron chi connectivity index (χ0n) is 13.7. The van der Waals surface area contributed by atoms with Crippen molar-refractivity contribution < 1.29 is 39.9 Å². The van der Waals surface area contributed by atoms with Crippen molar-refractivity contribution in [2.24, 2.45) is 0 Å². The van der Waals surface area contributed by atoms with Gasteiger partial charge in [-0.15, -0.1) is 0 Å². The van der Waals surface area contributed by atoms with E-state index in [2.05, 4.69) is 19.6 Å². The molecule has 0 radical (unpaired) electrons. The molecular weight excluding hydrogens is 316 g/mol. The molecule has 0 atom stereocenters. The number of hydrogen-bond acceptors (Lipinski definition) is 4. The van der Waals surface area contributed by atoms with Gasteiger partial charge in [0.15, 0.2) is 8.32 Å². The molecule has 0 unspecified atom stereocenters. The SMILES string of the molecule is CO.C[Si](C)(C)O[Si](C)(C)O[Si](C)(C)O.[CH3-].[CH3-].[Ti+2]. The Morgan fingerprint density at radius 2 is 1.00 bits per heavy atom. The van der Waals surface area contributed by atoms with E-state index in [1.54, 1.807) is 13.1 Å². The minimum Gasteiger partial charge on any atom is -0.437 e. The van der Waals surface area contributed by atoms with E-state index in [1.165, 1.54) is 0 Å². The molecular formula is C10H32O4Si3Ti. The summed E-state index contributed by atoms with van der Waals surface area (Å²) in [6.07, 6.45) is 0. The van der Waals surface area contributed by atoms with Gasteiger partial charge < -0.3 is 33.0 Å². The first-order valence-electron chi connectivity index (χ1n) is 4.99. The molecule has 0 saturated carbocycles. The normalized spacial score (nSPS) is 11.0. The van der Waals surface area contributed by atoms with E-state index >= 15 is 0 Å². The number of rotatable bonds is 4. The zero-order chi connectivity index (χ0) is 12.9. The van der Waals surface area contributed by atoms with Crippen LogP contribution in [0.5, 0.6) is 0 Å². The second kappa shape index (κ2) is 12.0. The van der Waals surface area contributed by atoms with Crippen molar-refractivity contribution in [1.82, 2.24) is 0 Å². The van der Waals surface area contributed by atoms with Gasteiger partial charge in [-0.25, -0.2) is 0 Å². The molecule has 0 amide bonds. The third-order valence-corrected chi connectivity index (χ3v) is 9.43. The summed E-state index contributed by atoms with van der Waals surface area (Å²) < 4.78 is 11.6. The van der Waals surface area contributed by atoms with Crippen LogP contribution in [0.2, 0.25) is 45.8 Å². The Kier molecular flexibility index (Phi) is 21.0. The van der Waals surface area contributed by atoms with Crippen molar-refractivity contribution in [3.63, 3.8) is 0 Å². The molecule has 4 nitrogen and oxygen atoms in total. The topological polar surface area (TPSA) is 58.9 Å². The van der Waals surface area contributed by atoms with Gasteiger partial charge in [0.1, 0.15) is 0 Å². The molecule has 0 spiro atoms. The van der Waals surface area contributed by atoms with Crippen molar-refractivity contribution in [3.05, 3.63) is 14.9 Å². The fourth-order valence-electron chi connectivity index (χ4n) is 1.36. The molecule has 0 aromatic heterocycles. The average Bonchev–Trinajstić information content (AvgIpc) is 1.79. The van der Waals surface area contributed by atoms with E-state index in [4.69, 9.17) is 13.3 Å². The zero-order valence-corrected chi connectivity index (χ0v) is 18.3. The molecule has 0 heterocycles. The smallest absolute Gasteiger partial charge is 0.437 e. The van der Waals surface area contributed by atoms with Crippen molar-refractivity contribution in [2.45, 2.75) is 45.8 Å². The first-order valence-corrected chi connectivity index (χ1v) is 14.1. The summed E-state index contributed by atoms with van der Waals surface area (Å²) in [5.41, 5.74) is 0. The molecule has 0 aromatic rings. The number of hydrogen-bond donors (Lipinski definition) is 2. The van der Waals surface area contributed by atoms with Crippen LogP contribution >= 0.6 is 0 Å². The fourth-order valence-corrected chi connectivity index (χ4v) is 12.6. The van der Waals surface area contributed by atoms with Crippen LogP contribution in [0, 0.1) is 14.9 Å². The predicted molar refractivity (Wildman–Crippen MR) is 83.7 cm³/mol. The Labute approximate surface area is 133 Å². The Balaban J connectivity index is -0.000000107. The largest absolute Gasteiger partial charge is 2.00 e. The molecule has 2 N–H and O–H groups in total. The summed E-state index contributed by atoms with van der Waals surface area (Å²) in [5, 5.41) is 7.00. The standard InChI is InChI=1S/C7H22O3Si3.CH4O.2CH3.Ti/c1-11(2,3)9-13(6,7)10-12(4,5)8;1-2;;;/h8H,1-7H3;2H,1H3;2*1H3;/q;;2*-1;+2. The van der Waals surface area contributed by atoms with Crippen LogP contribution in [-0.4, -0.2) is 42.5 Å². The minimum atomic E-state index is -2.43. The van der Waals surface area contributed by atoms with Gasteiger partial charge in [-0.1, -0.05) is 0 Å². The quantitative estimate of drug-likeness (QED) is 0.606. The summed E-state index contributed by atoms with van der Waals surface area (Å²) in [6.45, 7) is 13.9. The Morgan fingerprint density at radius 3 is 1.17 bits per heavy atom. The molecule has 0 aliphatic rings. The second-order valence-electron chi connectivity index (χ2n) is 5.16. The molecule has 0 saturated heterocycles. The first-order chi connectivity index (χ1) is 6.41. The minimum absolute atomic E-state index is 0. The van der Waals surface area contributed by atoms with Gasteiger partial charge >= 0.3 is 38.8 Å². The molecule has 0 aliphatic carbocycles. The molecule has 18 heavy (non-hydrogen) atoms. The number of aliphatic hydroxyl groups excluding tert-OH is 1. The maximum atomic E-state index is 9.64. The van der Waals surface area contributed by atoms with Crippen molar-refractivity contribution in [2.75, 3.05) is 7.11 Å². The molecule has 0 aliphatic heterocycles. The molecule has 0 fully saturated rings. The van der Waals surface area contributed by atoms with E-state index in [-0.39, 0.29) is 36.6 Å². The number of aliphatic hydroxyl groups is 1. The van der Waals surface area contributed by atoms with Gasteiger partial charge in [0.2, 0.25) is 0 Å². The Hall–Kier alpha value is 1.20. The van der Waals surface area contributed by atoms with E-state index in [0.717, 1.165) is 7.11 Å². The summed E-state index contributed by atoms with van der Waals surface area (Å²) in [5.74, 6) is 0. The van der Waals surface area contributed by atoms with E-state index < -0.39 is 25.4 Å². The van der Waals surface area contributed by atoms with Crippen LogP contribution in [0.15, 0.2) is 0 Å². The van der Waals surface area contributed by atoms with Crippen molar-refractivity contribution in [1.29, 1.82) is 0 Å². The third-order valence-electron chi connectivity index (χ3n) is 1.05. The summed E-state index contributed by atoms with van der Waals surface area (Å²) in [6, 6.07) is 0. The van der Waals surface area contributed by atoms with E-state index in [1.807, 2.05) is 13.1 Å². The monoisotopic (exact) mass is 348 g/mol. The maximum absolute atomic E-state index is 9.64. The van der Waals surface area contributed by atoms with Gasteiger partial charge in [-0.2, -0.15) is 0 Å². The van der Waals surface area contributed by atoms with Crippen LogP contribution < -0.4 is 0 Å². The van der Waals surface area contributed by atoms with E-state index in [9.17, 15) is 4.80 Å². The summed E-state index contributed by atoms with van der Waals surface area (Å²) in [7, 11) is -5.08. The Morgan fingerprint density at radius 1 is 0.722 bits per heavy atom. The van der Waals surface area contributed by atoms with Crippen LogP contribution in [0.4, 0.5) is 0 Å². The van der Waals surface area contributed by atoms with Gasteiger partial charge in [-0.05, 0) is 45.8 Å². The van der Waals surface area contributed by atoms with E-state index in [0.29, 0.717) is 0 Å². The first kappa shape index (κ1) is 31.5. The molecule has 8 heteroatoms. The van der Waals surface area contributed by atoms with Crippen LogP contribution in [0.25, 0.3) is 0 Å². The van der Waals surface area contributed by atoms with Crippen molar-refractivity contribution >= 4 is 25.4 Å². The van der Waals surface area contributed by atoms with Crippen molar-refractivity contribution in [3.8, 4) is 0 Å². The van der Waals surface area contributed by atoms with Crippen LogP contribution in [-0.2, 0) is 29.9 Å². The van der Waals surface area contributed by atoms with Gasteiger partial charge in [0.25, 0.3) is 0 Å². The van der Waals surface area contributed by atoms with Crippen LogP contribution in [0.1, 0.15) is 0 Å².